The van der Waals surface area contributed by atoms with Gasteiger partial charge in [-0.25, -0.2) is 0 Å². The van der Waals surface area contributed by atoms with E-state index >= 15 is 0 Å². The largest absolute Gasteiger partial charge is 4.00 e. The Morgan fingerprint density at radius 3 is 1.14 bits per heavy atom. The van der Waals surface area contributed by atoms with Crippen molar-refractivity contribution in [2.24, 2.45) is 0 Å². The van der Waals surface area contributed by atoms with Crippen molar-refractivity contribution in [1.29, 1.82) is 0 Å². The average molecular weight is 274 g/mol. The molecule has 0 saturated heterocycles. The summed E-state index contributed by atoms with van der Waals surface area (Å²) in [6.45, 7) is 0. The second-order valence-corrected chi connectivity index (χ2v) is 1.68. The van der Waals surface area contributed by atoms with Crippen molar-refractivity contribution in [3.05, 3.63) is 0 Å². The van der Waals surface area contributed by atoms with Gasteiger partial charge in [-0.05, 0) is 0 Å². The molecule has 32 valence electrons. The topological polar surface area (TPSA) is 80.3 Å². The van der Waals surface area contributed by atoms with Crippen LogP contribution < -0.4 is 59.7 Å². The molecule has 0 atom stereocenters. The minimum atomic E-state index is -5.75. The van der Waals surface area contributed by atoms with Gasteiger partial charge in [0.25, 0.3) is 0 Å². The molecule has 7 heteroatoms. The summed E-state index contributed by atoms with van der Waals surface area (Å²) in [6, 6.07) is 0. The van der Waals surface area contributed by atoms with E-state index in [9.17, 15) is 0 Å². The van der Waals surface area contributed by atoms with E-state index in [1.165, 1.54) is 0 Å². The summed E-state index contributed by atoms with van der Waals surface area (Å²) in [6.07, 6.45) is 0. The van der Waals surface area contributed by atoms with Gasteiger partial charge in [0.1, 0.15) is 0 Å². The molecule has 0 aliphatic rings. The summed E-state index contributed by atoms with van der Waals surface area (Å²) in [5, 5.41) is 0. The first-order valence-corrected chi connectivity index (χ1v) is 2.75. The molecule has 0 radical (unpaired) electrons. The van der Waals surface area contributed by atoms with Crippen molar-refractivity contribution in [1.82, 2.24) is 0 Å². The summed E-state index contributed by atoms with van der Waals surface area (Å²) >= 11 is -5.75. The number of rotatable bonds is 0. The van der Waals surface area contributed by atoms with E-state index in [1.807, 2.05) is 0 Å². The maximum absolute atomic E-state index is 8.59. The van der Waals surface area contributed by atoms with Crippen LogP contribution in [0.3, 0.4) is 0 Å². The van der Waals surface area contributed by atoms with Gasteiger partial charge < -0.3 is 0 Å². The number of hydrogen-bond acceptors (Lipinski definition) is 4. The van der Waals surface area contributed by atoms with Gasteiger partial charge in [-0.1, -0.05) is 0 Å². The first-order valence-electron chi connectivity index (χ1n) is 0.667. The molecule has 0 spiro atoms. The Morgan fingerprint density at radius 2 is 1.14 bits per heavy atom. The quantitative estimate of drug-likeness (QED) is 0.412. The van der Waals surface area contributed by atoms with Crippen LogP contribution in [0.15, 0.2) is 0 Å². The van der Waals surface area contributed by atoms with Crippen LogP contribution in [0.25, 0.3) is 0 Å². The van der Waals surface area contributed by atoms with Crippen LogP contribution in [0.5, 0.6) is 0 Å². The molecule has 0 rings (SSSR count). The molecular weight excluding hydrogens is 274 g/mol. The molecule has 0 aromatic carbocycles. The van der Waals surface area contributed by atoms with Crippen LogP contribution >= 0.6 is 0 Å². The molecule has 0 aliphatic carbocycles. The molecule has 7 heavy (non-hydrogen) atoms. The van der Waals surface area contributed by atoms with Crippen molar-refractivity contribution in [2.45, 2.75) is 0 Å². The molecule has 0 heterocycles. The van der Waals surface area contributed by atoms with Gasteiger partial charge >= 0.3 is 105 Å². The van der Waals surface area contributed by atoms with E-state index < -0.39 is 13.6 Å². The van der Waals surface area contributed by atoms with Gasteiger partial charge in [-0.3, -0.25) is 0 Å². The van der Waals surface area contributed by atoms with E-state index in [0.717, 1.165) is 0 Å². The zero-order valence-corrected chi connectivity index (χ0v) is 10.8. The molecule has 0 fully saturated rings. The van der Waals surface area contributed by atoms with Crippen molar-refractivity contribution in [2.75, 3.05) is 0 Å². The van der Waals surface area contributed by atoms with Gasteiger partial charge in [0.15, 0.2) is 0 Å². The molecular formula is CrKO4Sn+3. The van der Waals surface area contributed by atoms with Gasteiger partial charge in [-0.2, -0.15) is 0 Å². The van der Waals surface area contributed by atoms with Crippen LogP contribution in [-0.4, -0.2) is 23.9 Å². The standard InChI is InChI=1S/Cr.K.4O.Sn/q;+1;;;2*-1;+4. The van der Waals surface area contributed by atoms with E-state index in [2.05, 4.69) is 0 Å². The van der Waals surface area contributed by atoms with Crippen LogP contribution in [0.4, 0.5) is 0 Å². The summed E-state index contributed by atoms with van der Waals surface area (Å²) < 4.78 is 34.4. The minimum Gasteiger partial charge on any atom is 4.00 e. The van der Waals surface area contributed by atoms with Gasteiger partial charge in [0.05, 0.1) is 0 Å². The molecule has 0 N–H and O–H groups in total. The Morgan fingerprint density at radius 1 is 1.14 bits per heavy atom. The summed E-state index contributed by atoms with van der Waals surface area (Å²) in [5.41, 5.74) is 0. The average Bonchev–Trinajstić information content (AvgIpc) is 0.722. The van der Waals surface area contributed by atoms with Crippen molar-refractivity contribution < 1.29 is 80.9 Å². The van der Waals surface area contributed by atoms with Gasteiger partial charge in [0.2, 0.25) is 0 Å². The third kappa shape index (κ3) is 57.7. The van der Waals surface area contributed by atoms with Crippen molar-refractivity contribution in [3.8, 4) is 0 Å². The maximum Gasteiger partial charge on any atom is 4.00 e. The smallest absolute Gasteiger partial charge is 4.00 e. The Kier molecular flexibility index (Phi) is 15.3. The first kappa shape index (κ1) is 16.2. The minimum absolute atomic E-state index is 0. The zero-order chi connectivity index (χ0) is 4.50. The van der Waals surface area contributed by atoms with Crippen LogP contribution in [0.2, 0.25) is 0 Å². The molecule has 0 aliphatic heterocycles. The van der Waals surface area contributed by atoms with Gasteiger partial charge in [0, 0.05) is 0 Å². The third-order valence-electron chi connectivity index (χ3n) is 0. The van der Waals surface area contributed by atoms with Crippen LogP contribution in [0.1, 0.15) is 0 Å². The van der Waals surface area contributed by atoms with Gasteiger partial charge in [-0.15, -0.1) is 0 Å². The fourth-order valence-electron chi connectivity index (χ4n) is 0. The fraction of sp³-hybridized carbons (Fsp3) is 0. The molecule has 0 amide bonds. The van der Waals surface area contributed by atoms with E-state index in [-0.39, 0.29) is 75.3 Å². The third-order valence-corrected chi connectivity index (χ3v) is 0. The van der Waals surface area contributed by atoms with Crippen molar-refractivity contribution >= 4 is 23.9 Å². The Hall–Kier alpha value is 2.49. The normalized spacial score (nSPS) is 8.29. The maximum atomic E-state index is 8.59. The summed E-state index contributed by atoms with van der Waals surface area (Å²) in [7, 11) is 0. The predicted molar refractivity (Wildman–Crippen MR) is 7.13 cm³/mol. The van der Waals surface area contributed by atoms with Crippen LogP contribution in [-0.2, 0) is 21.2 Å². The zero-order valence-electron chi connectivity index (χ0n) is 3.54. The molecule has 4 nitrogen and oxygen atoms in total. The Balaban J connectivity index is -0.0000000800. The van der Waals surface area contributed by atoms with Crippen LogP contribution in [0, 0.1) is 0 Å². The monoisotopic (exact) mass is 275 g/mol. The molecule has 0 unspecified atom stereocenters. The summed E-state index contributed by atoms with van der Waals surface area (Å²) in [5.74, 6) is 0. The number of hydrogen-bond donors (Lipinski definition) is 0. The Labute approximate surface area is 102 Å². The fourth-order valence-corrected chi connectivity index (χ4v) is 0. The molecule has 0 bridgehead atoms. The second kappa shape index (κ2) is 6.61. The SMILES string of the molecule is [K+].[O]=[Cr](=[O])([O-])[O-].[Sn+4]. The van der Waals surface area contributed by atoms with E-state index in [1.54, 1.807) is 0 Å². The van der Waals surface area contributed by atoms with E-state index in [0.29, 0.717) is 0 Å². The molecule has 0 aromatic rings. The molecule has 0 saturated carbocycles. The van der Waals surface area contributed by atoms with E-state index in [4.69, 9.17) is 15.9 Å². The summed E-state index contributed by atoms with van der Waals surface area (Å²) in [4.78, 5) is 0. The predicted octanol–water partition coefficient (Wildman–Crippen LogP) is -5.99. The molecule has 0 aromatic heterocycles. The second-order valence-electron chi connectivity index (χ2n) is 0.408. The Bertz CT molecular complexity index is 94.9. The first-order chi connectivity index (χ1) is 2.00. The van der Waals surface area contributed by atoms with Crippen molar-refractivity contribution in [3.63, 3.8) is 0 Å².